The van der Waals surface area contributed by atoms with E-state index in [0.717, 1.165) is 64.7 Å². The molecule has 34 heavy (non-hydrogen) atoms. The highest BCUT2D eigenvalue weighted by Gasteiger charge is 2.20. The average molecular weight is 451 g/mol. The quantitative estimate of drug-likeness (QED) is 0.365. The fourth-order valence-electron chi connectivity index (χ4n) is 5.04. The van der Waals surface area contributed by atoms with E-state index < -0.39 is 5.82 Å². The summed E-state index contributed by atoms with van der Waals surface area (Å²) in [6.45, 7) is 10.2. The van der Waals surface area contributed by atoms with Crippen LogP contribution in [-0.4, -0.2) is 32.4 Å². The number of rotatable bonds is 4. The van der Waals surface area contributed by atoms with Gasteiger partial charge in [-0.3, -0.25) is 9.67 Å². The molecular weight excluding hydrogens is 427 g/mol. The summed E-state index contributed by atoms with van der Waals surface area (Å²) in [5, 5.41) is 9.83. The van der Waals surface area contributed by atoms with E-state index in [9.17, 15) is 4.39 Å². The Morgan fingerprint density at radius 1 is 1.12 bits per heavy atom. The normalized spacial score (nSPS) is 15.9. The Morgan fingerprint density at radius 2 is 2.00 bits per heavy atom. The van der Waals surface area contributed by atoms with Crippen molar-refractivity contribution in [1.82, 2.24) is 24.6 Å². The van der Waals surface area contributed by atoms with E-state index in [4.69, 9.17) is 11.6 Å². The second-order valence-corrected chi connectivity index (χ2v) is 8.93. The van der Waals surface area contributed by atoms with E-state index in [0.29, 0.717) is 11.5 Å². The van der Waals surface area contributed by atoms with Crippen molar-refractivity contribution < 1.29 is 4.39 Å². The maximum Gasteiger partial charge on any atom is 0.222 e. The van der Waals surface area contributed by atoms with Crippen molar-refractivity contribution in [3.63, 3.8) is 0 Å². The predicted octanol–water partition coefficient (Wildman–Crippen LogP) is 5.56. The van der Waals surface area contributed by atoms with E-state index in [2.05, 4.69) is 38.2 Å². The maximum atomic E-state index is 14.7. The van der Waals surface area contributed by atoms with Crippen molar-refractivity contribution in [3.05, 3.63) is 78.3 Å². The minimum absolute atomic E-state index is 0.0218. The van der Waals surface area contributed by atoms with E-state index in [1.54, 1.807) is 6.07 Å². The third-order valence-electron chi connectivity index (χ3n) is 6.82. The van der Waals surface area contributed by atoms with E-state index in [-0.39, 0.29) is 5.69 Å². The van der Waals surface area contributed by atoms with Crippen molar-refractivity contribution in [2.24, 2.45) is 13.0 Å². The average Bonchev–Trinajstić information content (AvgIpc) is 3.60. The Labute approximate surface area is 196 Å². The van der Waals surface area contributed by atoms with E-state index >= 15 is 0 Å². The fourth-order valence-corrected chi connectivity index (χ4v) is 5.04. The molecule has 6 rings (SSSR count). The number of hydrogen-bond donors (Lipinski definition) is 1. The Hall–Kier alpha value is -4.02. The van der Waals surface area contributed by atoms with Gasteiger partial charge < -0.3 is 9.88 Å². The summed E-state index contributed by atoms with van der Waals surface area (Å²) in [5.74, 6) is 0.0664. The highest BCUT2D eigenvalue weighted by molar-refractivity contribution is 6.02. The molecule has 1 aliphatic heterocycles. The second kappa shape index (κ2) is 8.08. The molecule has 1 saturated heterocycles. The molecule has 0 saturated carbocycles. The van der Waals surface area contributed by atoms with Crippen LogP contribution < -0.4 is 5.32 Å². The van der Waals surface area contributed by atoms with Crippen molar-refractivity contribution in [2.45, 2.75) is 13.0 Å². The summed E-state index contributed by atoms with van der Waals surface area (Å²) in [5.41, 5.74) is 5.41. The van der Waals surface area contributed by atoms with Crippen LogP contribution in [0.3, 0.4) is 0 Å². The minimum Gasteiger partial charge on any atom is -0.346 e. The zero-order valence-corrected chi connectivity index (χ0v) is 18.8. The lowest BCUT2D eigenvalue weighted by Crippen LogP contribution is -2.14. The number of pyridine rings is 1. The molecular formula is C27H23FN6. The third-order valence-corrected chi connectivity index (χ3v) is 6.82. The summed E-state index contributed by atoms with van der Waals surface area (Å²) in [6.07, 6.45) is 7.03. The van der Waals surface area contributed by atoms with Crippen LogP contribution >= 0.6 is 0 Å². The number of benzene rings is 2. The molecule has 1 aliphatic rings. The molecule has 0 bridgehead atoms. The van der Waals surface area contributed by atoms with Crippen molar-refractivity contribution in [1.29, 1.82) is 0 Å². The lowest BCUT2D eigenvalue weighted by atomic mass is 9.95. The number of fused-ring (bicyclic) bond motifs is 2. The van der Waals surface area contributed by atoms with Gasteiger partial charge in [0.1, 0.15) is 5.82 Å². The van der Waals surface area contributed by atoms with Crippen LogP contribution in [-0.2, 0) is 13.6 Å². The molecule has 6 nitrogen and oxygen atoms in total. The first-order valence-electron chi connectivity index (χ1n) is 11.4. The zero-order valence-electron chi connectivity index (χ0n) is 18.8. The first-order valence-corrected chi connectivity index (χ1v) is 11.4. The predicted molar refractivity (Wildman–Crippen MR) is 132 cm³/mol. The van der Waals surface area contributed by atoms with Crippen LogP contribution in [0, 0.1) is 18.3 Å². The molecule has 3 aromatic heterocycles. The van der Waals surface area contributed by atoms with Crippen LogP contribution in [0.4, 0.5) is 10.1 Å². The third kappa shape index (κ3) is 3.35. The molecule has 0 radical (unpaired) electrons. The molecule has 0 spiro atoms. The zero-order chi connectivity index (χ0) is 23.2. The molecule has 0 amide bonds. The van der Waals surface area contributed by atoms with Crippen LogP contribution in [0.2, 0.25) is 0 Å². The smallest absolute Gasteiger partial charge is 0.222 e. The molecule has 1 fully saturated rings. The summed E-state index contributed by atoms with van der Waals surface area (Å²) in [7, 11) is 1.92. The molecule has 5 aromatic rings. The van der Waals surface area contributed by atoms with Gasteiger partial charge in [0.15, 0.2) is 0 Å². The number of aryl methyl sites for hydroxylation is 1. The van der Waals surface area contributed by atoms with Crippen LogP contribution in [0.5, 0.6) is 0 Å². The highest BCUT2D eigenvalue weighted by atomic mass is 19.1. The maximum absolute atomic E-state index is 14.7. The Morgan fingerprint density at radius 3 is 2.79 bits per heavy atom. The first kappa shape index (κ1) is 20.6. The Balaban J connectivity index is 1.56. The van der Waals surface area contributed by atoms with Crippen molar-refractivity contribution in [2.75, 3.05) is 13.1 Å². The van der Waals surface area contributed by atoms with Crippen molar-refractivity contribution >= 4 is 27.5 Å². The van der Waals surface area contributed by atoms with Gasteiger partial charge >= 0.3 is 0 Å². The number of nitrogens with one attached hydrogen (secondary N) is 1. The van der Waals surface area contributed by atoms with E-state index in [1.165, 1.54) is 6.07 Å². The molecule has 4 heterocycles. The summed E-state index contributed by atoms with van der Waals surface area (Å²) < 4.78 is 18.8. The van der Waals surface area contributed by atoms with Crippen LogP contribution in [0.15, 0.2) is 61.1 Å². The number of aromatic nitrogens is 4. The molecule has 1 atom stereocenters. The first-order chi connectivity index (χ1) is 16.6. The van der Waals surface area contributed by atoms with Gasteiger partial charge in [-0.05, 0) is 55.3 Å². The molecule has 0 aliphatic carbocycles. The lowest BCUT2D eigenvalue weighted by Gasteiger charge is -2.15. The fraction of sp³-hybridized carbons (Fsp3) is 0.222. The molecule has 2 aromatic carbocycles. The second-order valence-electron chi connectivity index (χ2n) is 8.93. The summed E-state index contributed by atoms with van der Waals surface area (Å²) in [6, 6.07) is 13.1. The monoisotopic (exact) mass is 450 g/mol. The standard InChI is InChI=1S/C27H23FN6/c1-29-23-5-3-18(12-22(23)28)26-21-8-10-34(16-17-7-9-30-13-17)25(21)15-31-27(26)19-4-6-24-20(11-19)14-32-33(24)2/h3-6,8,10-12,14-15,17,30H,7,9,13,16H2,2H3/t17-/m1/s1. The Kier molecular flexibility index (Phi) is 4.89. The number of hydrogen-bond acceptors (Lipinski definition) is 3. The number of halogens is 1. The van der Waals surface area contributed by atoms with Crippen molar-refractivity contribution in [3.8, 4) is 22.4 Å². The minimum atomic E-state index is -0.519. The van der Waals surface area contributed by atoms with Crippen LogP contribution in [0.25, 0.3) is 49.0 Å². The van der Waals surface area contributed by atoms with Gasteiger partial charge in [0.25, 0.3) is 0 Å². The summed E-state index contributed by atoms with van der Waals surface area (Å²) >= 11 is 0. The molecule has 7 heteroatoms. The van der Waals surface area contributed by atoms with Gasteiger partial charge in [-0.1, -0.05) is 18.2 Å². The van der Waals surface area contributed by atoms with Gasteiger partial charge in [-0.25, -0.2) is 9.24 Å². The van der Waals surface area contributed by atoms with Gasteiger partial charge in [0.05, 0.1) is 35.7 Å². The van der Waals surface area contributed by atoms with Gasteiger partial charge in [0.2, 0.25) is 5.69 Å². The summed E-state index contributed by atoms with van der Waals surface area (Å²) in [4.78, 5) is 8.19. The largest absolute Gasteiger partial charge is 0.346 e. The van der Waals surface area contributed by atoms with E-state index in [1.807, 2.05) is 42.3 Å². The number of nitrogens with zero attached hydrogens (tertiary/aromatic N) is 5. The molecule has 0 unspecified atom stereocenters. The lowest BCUT2D eigenvalue weighted by molar-refractivity contribution is 0.491. The van der Waals surface area contributed by atoms with Gasteiger partial charge in [0, 0.05) is 41.7 Å². The SMILES string of the molecule is [C-]#[N+]c1ccc(-c2c(-c3ccc4c(cnn4C)c3)ncc3c2ccn3C[C@@H]2CCNC2)cc1F. The Bertz CT molecular complexity index is 1580. The van der Waals surface area contributed by atoms with Gasteiger partial charge in [-0.2, -0.15) is 5.10 Å². The topological polar surface area (TPSA) is 52.0 Å². The molecule has 1 N–H and O–H groups in total. The van der Waals surface area contributed by atoms with Gasteiger partial charge in [-0.15, -0.1) is 0 Å². The molecule has 168 valence electrons. The van der Waals surface area contributed by atoms with Crippen LogP contribution in [0.1, 0.15) is 6.42 Å². The highest BCUT2D eigenvalue weighted by Crippen LogP contribution is 2.39.